The zero-order chi connectivity index (χ0) is 26.4. The van der Waals surface area contributed by atoms with E-state index in [0.29, 0.717) is 11.4 Å². The van der Waals surface area contributed by atoms with Crippen molar-refractivity contribution in [2.75, 3.05) is 0 Å². The third-order valence-electron chi connectivity index (χ3n) is 5.86. The Kier molecular flexibility index (Phi) is 11.3. The molecule has 3 aromatic rings. The summed E-state index contributed by atoms with van der Waals surface area (Å²) in [4.78, 5) is 13.3. The average Bonchev–Trinajstić information content (AvgIpc) is 2.80. The largest absolute Gasteiger partial charge is 2.00 e. The van der Waals surface area contributed by atoms with E-state index >= 15 is 0 Å². The molecule has 0 spiro atoms. The van der Waals surface area contributed by atoms with Crippen LogP contribution in [0.4, 0.5) is 5.69 Å². The molecule has 0 saturated heterocycles. The van der Waals surface area contributed by atoms with Gasteiger partial charge in [-0.15, -0.1) is 11.5 Å². The van der Waals surface area contributed by atoms with Crippen molar-refractivity contribution in [3.8, 4) is 11.5 Å². The summed E-state index contributed by atoms with van der Waals surface area (Å²) in [5, 5.41) is 23.4. The molecule has 0 fully saturated rings. The maximum Gasteiger partial charge on any atom is 2.00 e. The van der Waals surface area contributed by atoms with E-state index < -0.39 is 5.75 Å². The Hall–Kier alpha value is -2.72. The molecule has 0 N–H and O–H groups in total. The van der Waals surface area contributed by atoms with Crippen molar-refractivity contribution in [1.29, 1.82) is 0 Å². The van der Waals surface area contributed by atoms with E-state index in [-0.39, 0.29) is 33.1 Å². The normalized spacial score (nSPS) is 11.9. The van der Waals surface area contributed by atoms with E-state index in [4.69, 9.17) is 4.99 Å². The van der Waals surface area contributed by atoms with Crippen LogP contribution in [0.15, 0.2) is 53.8 Å². The second kappa shape index (κ2) is 13.0. The number of hydrogen-bond acceptors (Lipinski definition) is 5. The van der Waals surface area contributed by atoms with Crippen LogP contribution in [0, 0.1) is 0 Å². The van der Waals surface area contributed by atoms with Crippen LogP contribution < -0.4 is 10.2 Å². The van der Waals surface area contributed by atoms with E-state index in [2.05, 4.69) is 42.0 Å². The molecule has 0 aliphatic carbocycles. The molecule has 0 aliphatic rings. The van der Waals surface area contributed by atoms with Gasteiger partial charge in [0, 0.05) is 12.4 Å². The van der Waals surface area contributed by atoms with Crippen molar-refractivity contribution in [1.82, 2.24) is 9.97 Å². The number of aryl methyl sites for hydroxylation is 2. The maximum atomic E-state index is 11.8. The van der Waals surface area contributed by atoms with Gasteiger partial charge in [0.05, 0.1) is 11.4 Å². The summed E-state index contributed by atoms with van der Waals surface area (Å²) in [7, 11) is 0. The molecule has 196 valence electrons. The van der Waals surface area contributed by atoms with E-state index in [9.17, 15) is 10.2 Å². The second-order valence-corrected chi connectivity index (χ2v) is 10.8. The zero-order valence-electron chi connectivity index (χ0n) is 23.0. The third kappa shape index (κ3) is 8.16. The monoisotopic (exact) mass is 531 g/mol. The van der Waals surface area contributed by atoms with Crippen LogP contribution in [0.3, 0.4) is 0 Å². The van der Waals surface area contributed by atoms with Crippen LogP contribution >= 0.6 is 0 Å². The smallest absolute Gasteiger partial charge is 0.873 e. The topological polar surface area (TPSA) is 84.3 Å². The molecule has 3 rings (SSSR count). The van der Waals surface area contributed by atoms with E-state index in [0.717, 1.165) is 29.8 Å². The summed E-state index contributed by atoms with van der Waals surface area (Å²) in [6.07, 6.45) is 5.45. The molecule has 6 heteroatoms. The number of benzene rings is 2. The minimum absolute atomic E-state index is 0. The van der Waals surface area contributed by atoms with Gasteiger partial charge in [0.25, 0.3) is 0 Å². The quantitative estimate of drug-likeness (QED) is 0.297. The fourth-order valence-electron chi connectivity index (χ4n) is 3.65. The fraction of sp³-hybridized carbons (Fsp3) is 0.433. The molecule has 0 unspecified atom stereocenters. The van der Waals surface area contributed by atoms with Crippen molar-refractivity contribution in [2.45, 2.75) is 86.0 Å². The van der Waals surface area contributed by atoms with Crippen molar-refractivity contribution in [3.05, 3.63) is 76.9 Å². The predicted octanol–water partition coefficient (Wildman–Crippen LogP) is 6.17. The van der Waals surface area contributed by atoms with Gasteiger partial charge in [0.15, 0.2) is 5.82 Å². The Morgan fingerprint density at radius 1 is 0.833 bits per heavy atom. The minimum atomic E-state index is -0.391. The maximum absolute atomic E-state index is 11.8. The summed E-state index contributed by atoms with van der Waals surface area (Å²) in [5.41, 5.74) is 5.65. The number of aromatic nitrogens is 2. The van der Waals surface area contributed by atoms with Crippen LogP contribution in [0.1, 0.15) is 90.4 Å². The Balaban J connectivity index is 0.000000356. The van der Waals surface area contributed by atoms with Gasteiger partial charge in [0.1, 0.15) is 0 Å². The first kappa shape index (κ1) is 31.3. The number of hydrogen-bond donors (Lipinski definition) is 0. The molecule has 0 radical (unpaired) electrons. The van der Waals surface area contributed by atoms with Crippen LogP contribution in [-0.4, -0.2) is 15.7 Å². The minimum Gasteiger partial charge on any atom is -0.873 e. The van der Waals surface area contributed by atoms with Gasteiger partial charge in [0.2, 0.25) is 0 Å². The molecule has 5 nitrogen and oxygen atoms in total. The van der Waals surface area contributed by atoms with E-state index in [1.807, 2.05) is 60.6 Å². The van der Waals surface area contributed by atoms with Crippen molar-refractivity contribution in [3.63, 3.8) is 0 Å². The van der Waals surface area contributed by atoms with Gasteiger partial charge < -0.3 is 10.2 Å². The molecule has 36 heavy (non-hydrogen) atoms. The Bertz CT molecular complexity index is 1140. The van der Waals surface area contributed by atoms with Gasteiger partial charge >= 0.3 is 16.5 Å². The van der Waals surface area contributed by atoms with Gasteiger partial charge in [-0.2, -0.15) is 0 Å². The first-order valence-corrected chi connectivity index (χ1v) is 12.3. The molecular weight excluding hydrogens is 493 g/mol. The van der Waals surface area contributed by atoms with Crippen LogP contribution in [-0.2, 0) is 40.2 Å². The molecule has 0 amide bonds. The number of aliphatic imine (C=N–C) groups is 1. The van der Waals surface area contributed by atoms with Gasteiger partial charge in [-0.05, 0) is 53.4 Å². The molecule has 0 bridgehead atoms. The van der Waals surface area contributed by atoms with Crippen molar-refractivity contribution >= 4 is 11.4 Å². The predicted molar refractivity (Wildman–Crippen MR) is 142 cm³/mol. The first-order valence-electron chi connectivity index (χ1n) is 12.3. The summed E-state index contributed by atoms with van der Waals surface area (Å²) in [6, 6.07) is 11.5. The number of para-hydroxylation sites is 1. The molecule has 1 heterocycles. The number of nitrogens with zero attached hydrogens (tertiary/aromatic N) is 3. The molecule has 0 atom stereocenters. The number of rotatable bonds is 4. The van der Waals surface area contributed by atoms with Crippen LogP contribution in [0.5, 0.6) is 11.5 Å². The van der Waals surface area contributed by atoms with Gasteiger partial charge in [-0.3, -0.25) is 0 Å². The summed E-state index contributed by atoms with van der Waals surface area (Å²) in [6.45, 7) is 18.3. The summed E-state index contributed by atoms with van der Waals surface area (Å²) >= 11 is 0. The molecule has 0 aliphatic heterocycles. The Morgan fingerprint density at radius 2 is 1.36 bits per heavy atom. The second-order valence-electron chi connectivity index (χ2n) is 10.8. The van der Waals surface area contributed by atoms with Gasteiger partial charge in [-0.1, -0.05) is 91.3 Å². The summed E-state index contributed by atoms with van der Waals surface area (Å²) < 4.78 is 0. The third-order valence-corrected chi connectivity index (χ3v) is 5.86. The first-order chi connectivity index (χ1) is 16.3. The fourth-order valence-corrected chi connectivity index (χ4v) is 3.65. The molecule has 2 aromatic carbocycles. The van der Waals surface area contributed by atoms with E-state index in [1.54, 1.807) is 12.4 Å². The Morgan fingerprint density at radius 3 is 1.81 bits per heavy atom. The Labute approximate surface area is 227 Å². The van der Waals surface area contributed by atoms with Crippen LogP contribution in [0.25, 0.3) is 0 Å². The SMILES string of the molecule is CC(C)(C)c1cc([O-])c([O-])c(C(C)(C)C)c1.CCc1cccc(CC)c1N=C(C)c1ncccn1.[Ni+2]. The molecular formula is C30H39N3NiO2. The van der Waals surface area contributed by atoms with Gasteiger partial charge in [-0.25, -0.2) is 15.0 Å². The van der Waals surface area contributed by atoms with Crippen molar-refractivity contribution in [2.24, 2.45) is 4.99 Å². The molecule has 1 aromatic heterocycles. The average molecular weight is 532 g/mol. The standard InChI is InChI=1S/C16H19N3.C14H22O2.Ni/c1-4-13-8-6-9-14(5-2)15(13)19-12(3)16-17-10-7-11-18-16;1-13(2,3)9-7-10(14(4,5)6)12(16)11(15)8-9;/h6-11H,4-5H2,1-3H3;7-8,15-16H,1-6H3;/q;;+2/p-2. The van der Waals surface area contributed by atoms with Crippen molar-refractivity contribution < 1.29 is 26.7 Å². The summed E-state index contributed by atoms with van der Waals surface area (Å²) in [5.74, 6) is -0.0618. The van der Waals surface area contributed by atoms with E-state index in [1.165, 1.54) is 17.2 Å². The molecule has 0 saturated carbocycles. The van der Waals surface area contributed by atoms with Crippen LogP contribution in [0.2, 0.25) is 0 Å². The zero-order valence-corrected chi connectivity index (χ0v) is 24.0.